The first-order chi connectivity index (χ1) is 63.3. The van der Waals surface area contributed by atoms with Crippen molar-refractivity contribution >= 4 is 85.8 Å². The highest BCUT2D eigenvalue weighted by atomic mass is 35.5. The maximum atomic E-state index is 15.7. The SMILES string of the molecule is CC1(c2ccc(Cl)cc2F)Oc2cccc(-c3cc(F)c(Cc4nc5ccc(C(=O)O)cc5n4C[C@@H]4CCO4)c(F)c3)c2O1.CC1(c2ccc(Cl)cc2F)Oc2cccc(-c3cc(F)c(Cc4nc5ccc(C(=O)O)cc5n4C[C@@H]4CCO4)c(F)c3)c2O1.CC1(c2ccc(Cl)cc2F)Oc2cccc(-c3cc(F)c(Cc4nc5ccc(C(=O)O)cc5n4C[C@@H]4CCO4)c(F)c3)c2O1. The zero-order chi connectivity index (χ0) is 92.2. The fourth-order valence-corrected chi connectivity index (χ4v) is 17.5. The number of fused-ring (bicyclic) bond motifs is 6. The minimum Gasteiger partial charge on any atom is -0.478 e. The van der Waals surface area contributed by atoms with Crippen molar-refractivity contribution in [3.63, 3.8) is 0 Å². The van der Waals surface area contributed by atoms with Crippen molar-refractivity contribution in [1.29, 1.82) is 0 Å². The van der Waals surface area contributed by atoms with Crippen molar-refractivity contribution in [2.24, 2.45) is 0 Å². The third-order valence-corrected chi connectivity index (χ3v) is 24.8. The predicted molar refractivity (Wildman–Crippen MR) is 467 cm³/mol. The second kappa shape index (κ2) is 34.6. The largest absolute Gasteiger partial charge is 0.478 e. The highest BCUT2D eigenvalue weighted by Gasteiger charge is 2.46. The van der Waals surface area contributed by atoms with E-state index < -0.39 is 87.6 Å². The molecule has 0 aliphatic carbocycles. The van der Waals surface area contributed by atoms with Crippen LogP contribution in [0.25, 0.3) is 66.5 Å². The molecule has 15 aromatic rings. The first kappa shape index (κ1) is 87.7. The minimum atomic E-state index is -1.53. The van der Waals surface area contributed by atoms with Crippen LogP contribution in [0.2, 0.25) is 15.1 Å². The Morgan fingerprint density at radius 1 is 0.348 bits per heavy atom. The van der Waals surface area contributed by atoms with Gasteiger partial charge in [-0.25, -0.2) is 68.8 Å². The number of carbonyl (C=O) groups is 3. The Labute approximate surface area is 759 Å². The van der Waals surface area contributed by atoms with E-state index in [9.17, 15) is 42.9 Å². The summed E-state index contributed by atoms with van der Waals surface area (Å²) < 4.78 is 197. The van der Waals surface area contributed by atoms with Gasteiger partial charge in [0.2, 0.25) is 0 Å². The standard InChI is InChI=1S/3C33H24ClF3N2O5/c3*1-33(23-7-6-19(34)14-26(23)37)43-29-4-2-3-21(31(29)44-33)18-11-24(35)22(25(36)12-18)15-30-38-27-8-5-17(32(40)41)13-28(27)39(30)16-20-9-10-42-20/h3*2-8,11-14,20H,9-10,15-16H2,1H3,(H,40,41)/t3*20-,33?/m000/s1. The predicted octanol–water partition coefficient (Wildman–Crippen LogP) is 22.5. The van der Waals surface area contributed by atoms with Gasteiger partial charge in [-0.05, 0) is 200 Å². The third-order valence-electron chi connectivity index (χ3n) is 24.1. The van der Waals surface area contributed by atoms with Gasteiger partial charge in [-0.3, -0.25) is 0 Å². The van der Waals surface area contributed by atoms with Gasteiger partial charge < -0.3 is 71.7 Å². The fraction of sp³-hybridized carbons (Fsp3) is 0.212. The maximum absolute atomic E-state index is 15.7. The second-order valence-electron chi connectivity index (χ2n) is 32.8. The molecule has 12 aromatic carbocycles. The quantitative estimate of drug-likeness (QED) is 0.0566. The summed E-state index contributed by atoms with van der Waals surface area (Å²) in [4.78, 5) is 48.6. The van der Waals surface area contributed by atoms with E-state index in [4.69, 9.17) is 77.4 Å². The number of benzene rings is 12. The summed E-state index contributed by atoms with van der Waals surface area (Å²) in [6, 6.07) is 48.0. The molecule has 21 rings (SSSR count). The number of carboxylic acid groups (broad SMARTS) is 3. The van der Waals surface area contributed by atoms with E-state index in [0.29, 0.717) is 107 Å². The molecule has 3 unspecified atom stereocenters. The van der Waals surface area contributed by atoms with Gasteiger partial charge in [0.1, 0.15) is 69.8 Å². The molecule has 0 amide bonds. The topological polar surface area (TPSA) is 248 Å². The summed E-state index contributed by atoms with van der Waals surface area (Å²) in [7, 11) is 0. The molecular formula is C99H72Cl3F9N6O15. The van der Waals surface area contributed by atoms with E-state index in [0.717, 1.165) is 37.5 Å². The highest BCUT2D eigenvalue weighted by molar-refractivity contribution is 6.31. The average molecular weight is 1860 g/mol. The van der Waals surface area contributed by atoms with Gasteiger partial charge in [-0.2, -0.15) is 0 Å². The monoisotopic (exact) mass is 1860 g/mol. The molecule has 3 N–H and O–H groups in total. The summed E-state index contributed by atoms with van der Waals surface area (Å²) in [6.07, 6.45) is 1.58. The Morgan fingerprint density at radius 3 is 0.833 bits per heavy atom. The third kappa shape index (κ3) is 16.7. The molecule has 6 aliphatic heterocycles. The lowest BCUT2D eigenvalue weighted by Gasteiger charge is -2.27. The molecule has 3 aromatic heterocycles. The molecule has 33 heteroatoms. The molecule has 6 atom stereocenters. The molecule has 21 nitrogen and oxygen atoms in total. The Hall–Kier alpha value is -13.6. The Balaban J connectivity index is 0.000000128. The van der Waals surface area contributed by atoms with Crippen LogP contribution >= 0.6 is 34.8 Å². The Bertz CT molecular complexity index is 6530. The number of hydrogen-bond acceptors (Lipinski definition) is 15. The Morgan fingerprint density at radius 2 is 0.606 bits per heavy atom. The first-order valence-electron chi connectivity index (χ1n) is 41.7. The van der Waals surface area contributed by atoms with Crippen molar-refractivity contribution in [2.75, 3.05) is 19.8 Å². The van der Waals surface area contributed by atoms with E-state index in [1.54, 1.807) is 107 Å². The van der Waals surface area contributed by atoms with Gasteiger partial charge in [0.15, 0.2) is 34.5 Å². The van der Waals surface area contributed by atoms with Crippen LogP contribution in [0.5, 0.6) is 34.5 Å². The van der Waals surface area contributed by atoms with E-state index in [1.807, 2.05) is 0 Å². The fourth-order valence-electron chi connectivity index (χ4n) is 17.1. The molecule has 0 bridgehead atoms. The maximum Gasteiger partial charge on any atom is 0.335 e. The van der Waals surface area contributed by atoms with Crippen LogP contribution in [0.1, 0.15) is 122 Å². The van der Waals surface area contributed by atoms with E-state index >= 15 is 26.3 Å². The van der Waals surface area contributed by atoms with Gasteiger partial charge in [-0.15, -0.1) is 0 Å². The Kier molecular flexibility index (Phi) is 23.0. The second-order valence-corrected chi connectivity index (χ2v) is 34.1. The lowest BCUT2D eigenvalue weighted by atomic mass is 10.00. The van der Waals surface area contributed by atoms with Crippen LogP contribution in [-0.4, -0.2) is 100 Å². The number of para-hydroxylation sites is 3. The number of aromatic carboxylic acids is 3. The van der Waals surface area contributed by atoms with Crippen LogP contribution in [-0.2, 0) is 70.5 Å². The molecule has 0 spiro atoms. The van der Waals surface area contributed by atoms with Crippen LogP contribution < -0.4 is 28.4 Å². The molecule has 6 aliphatic rings. The molecular weight excluding hydrogens is 1790 g/mol. The number of nitrogens with zero attached hydrogens (tertiary/aromatic N) is 6. The van der Waals surface area contributed by atoms with E-state index in [2.05, 4.69) is 15.0 Å². The summed E-state index contributed by atoms with van der Waals surface area (Å²) >= 11 is 17.7. The normalized spacial score (nSPS) is 18.9. The number of hydrogen-bond donors (Lipinski definition) is 3. The molecule has 9 heterocycles. The summed E-state index contributed by atoms with van der Waals surface area (Å²) in [5.74, 6) is -11.9. The van der Waals surface area contributed by atoms with Gasteiger partial charge in [0, 0.05) is 108 Å². The summed E-state index contributed by atoms with van der Waals surface area (Å²) in [5, 5.41) is 29.1. The lowest BCUT2D eigenvalue weighted by molar-refractivity contribution is -0.0709. The lowest BCUT2D eigenvalue weighted by Crippen LogP contribution is -2.32. The van der Waals surface area contributed by atoms with Crippen LogP contribution in [0, 0.1) is 52.4 Å². The summed E-state index contributed by atoms with van der Waals surface area (Å²) in [5.41, 5.74) is 4.86. The zero-order valence-electron chi connectivity index (χ0n) is 69.7. The number of aromatic nitrogens is 6. The van der Waals surface area contributed by atoms with E-state index in [-0.39, 0.29) is 154 Å². The van der Waals surface area contributed by atoms with Gasteiger partial charge >= 0.3 is 17.9 Å². The molecule has 3 fully saturated rings. The van der Waals surface area contributed by atoms with Crippen molar-refractivity contribution < 1.29 is 112 Å². The number of halogens is 12. The van der Waals surface area contributed by atoms with Gasteiger partial charge in [0.25, 0.3) is 17.4 Å². The first-order valence-corrected chi connectivity index (χ1v) is 42.8. The molecule has 132 heavy (non-hydrogen) atoms. The van der Waals surface area contributed by atoms with Crippen molar-refractivity contribution in [3.8, 4) is 67.9 Å². The van der Waals surface area contributed by atoms with Crippen LogP contribution in [0.3, 0.4) is 0 Å². The molecule has 3 saturated heterocycles. The number of carboxylic acids is 3. The number of rotatable bonds is 21. The zero-order valence-corrected chi connectivity index (χ0v) is 72.0. The number of imidazole rings is 3. The number of ether oxygens (including phenoxy) is 9. The van der Waals surface area contributed by atoms with Gasteiger partial charge in [0.05, 0.1) is 104 Å². The average Bonchev–Trinajstić information content (AvgIpc) is 1.60. The molecule has 672 valence electrons. The van der Waals surface area contributed by atoms with Gasteiger partial charge in [-0.1, -0.05) is 71.2 Å². The highest BCUT2D eigenvalue weighted by Crippen LogP contribution is 2.54. The van der Waals surface area contributed by atoms with Crippen LogP contribution in [0.15, 0.2) is 200 Å². The van der Waals surface area contributed by atoms with Crippen molar-refractivity contribution in [3.05, 3.63) is 335 Å². The smallest absolute Gasteiger partial charge is 0.335 e. The minimum absolute atomic E-state index is 0.0814. The van der Waals surface area contributed by atoms with E-state index in [1.165, 1.54) is 109 Å². The summed E-state index contributed by atoms with van der Waals surface area (Å²) in [6.45, 7) is 7.61. The van der Waals surface area contributed by atoms with Crippen LogP contribution in [0.4, 0.5) is 39.5 Å². The molecule has 0 saturated carbocycles. The molecule has 0 radical (unpaired) electrons. The van der Waals surface area contributed by atoms with Crippen molar-refractivity contribution in [1.82, 2.24) is 28.7 Å². The van der Waals surface area contributed by atoms with Crippen molar-refractivity contribution in [2.45, 2.75) is 115 Å².